The van der Waals surface area contributed by atoms with Gasteiger partial charge in [-0.25, -0.2) is 4.79 Å². The monoisotopic (exact) mass is 347 g/mol. The van der Waals surface area contributed by atoms with Crippen LogP contribution in [0.2, 0.25) is 0 Å². The second-order valence-corrected chi connectivity index (χ2v) is 4.45. The molecule has 6 heteroatoms. The number of carbonyl (C=O) groups excluding carboxylic acids is 2. The number of amides is 3. The summed E-state index contributed by atoms with van der Waals surface area (Å²) in [6.07, 6.45) is 1.35. The smallest absolute Gasteiger partial charge is 0.319 e. The molecule has 0 saturated carbocycles. The molecule has 0 spiro atoms. The molecule has 1 rings (SSSR count). The third kappa shape index (κ3) is 5.53. The van der Waals surface area contributed by atoms with Gasteiger partial charge in [-0.2, -0.15) is 0 Å². The van der Waals surface area contributed by atoms with Gasteiger partial charge in [-0.15, -0.1) is 0 Å². The highest BCUT2D eigenvalue weighted by Crippen LogP contribution is 2.16. The van der Waals surface area contributed by atoms with Crippen LogP contribution in [0.5, 0.6) is 0 Å². The number of anilines is 1. The molecule has 1 aromatic carbocycles. The molecule has 17 heavy (non-hydrogen) atoms. The van der Waals surface area contributed by atoms with Crippen molar-refractivity contribution in [1.82, 2.24) is 10.6 Å². The predicted octanol–water partition coefficient (Wildman–Crippen LogP) is 1.55. The van der Waals surface area contributed by atoms with Gasteiger partial charge >= 0.3 is 6.03 Å². The quantitative estimate of drug-likeness (QED) is 0.415. The Balaban J connectivity index is 2.25. The molecular formula is C11H14IN3O2. The largest absolute Gasteiger partial charge is 0.359 e. The van der Waals surface area contributed by atoms with Crippen LogP contribution in [0.4, 0.5) is 10.5 Å². The highest BCUT2D eigenvalue weighted by Gasteiger charge is 2.02. The van der Waals surface area contributed by atoms with Crippen LogP contribution in [0.3, 0.4) is 0 Å². The van der Waals surface area contributed by atoms with Crippen LogP contribution in [-0.2, 0) is 4.79 Å². The van der Waals surface area contributed by atoms with E-state index in [0.717, 1.165) is 9.26 Å². The van der Waals surface area contributed by atoms with Crippen molar-refractivity contribution in [2.24, 2.45) is 0 Å². The van der Waals surface area contributed by atoms with Crippen LogP contribution in [0, 0.1) is 3.57 Å². The normalized spacial score (nSPS) is 9.47. The lowest BCUT2D eigenvalue weighted by molar-refractivity contribution is -0.109. The van der Waals surface area contributed by atoms with Crippen LogP contribution >= 0.6 is 22.6 Å². The van der Waals surface area contributed by atoms with Gasteiger partial charge in [-0.3, -0.25) is 4.79 Å². The van der Waals surface area contributed by atoms with E-state index in [4.69, 9.17) is 0 Å². The summed E-state index contributed by atoms with van der Waals surface area (Å²) in [5.41, 5.74) is 0.789. The Kier molecular flexibility index (Phi) is 6.38. The summed E-state index contributed by atoms with van der Waals surface area (Å²) in [6.45, 7) is 1.09. The van der Waals surface area contributed by atoms with Crippen LogP contribution in [0.15, 0.2) is 24.3 Å². The molecule has 0 saturated heterocycles. The van der Waals surface area contributed by atoms with Crippen molar-refractivity contribution in [2.75, 3.05) is 18.4 Å². The maximum Gasteiger partial charge on any atom is 0.319 e. The van der Waals surface area contributed by atoms with Gasteiger partial charge in [0.15, 0.2) is 0 Å². The van der Waals surface area contributed by atoms with Gasteiger partial charge in [0.1, 0.15) is 0 Å². The first-order valence-corrected chi connectivity index (χ1v) is 6.28. The molecule has 0 aromatic heterocycles. The number of benzene rings is 1. The van der Waals surface area contributed by atoms with Gasteiger partial charge in [0, 0.05) is 16.7 Å². The van der Waals surface area contributed by atoms with Crippen LogP contribution < -0.4 is 16.0 Å². The van der Waals surface area contributed by atoms with E-state index in [0.29, 0.717) is 25.9 Å². The zero-order valence-corrected chi connectivity index (χ0v) is 11.4. The van der Waals surface area contributed by atoms with Gasteiger partial charge < -0.3 is 16.0 Å². The van der Waals surface area contributed by atoms with Gasteiger partial charge in [-0.05, 0) is 41.1 Å². The third-order valence-electron chi connectivity index (χ3n) is 1.99. The van der Waals surface area contributed by atoms with Crippen molar-refractivity contribution in [2.45, 2.75) is 6.42 Å². The standard InChI is InChI=1S/C11H14IN3O2/c12-9-4-1-2-5-10(9)15-11(17)14-7-3-6-13-8-16/h1-2,4-5,8H,3,6-7H2,(H,13,16)(H2,14,15,17). The number of rotatable bonds is 6. The summed E-state index contributed by atoms with van der Waals surface area (Å²) in [5, 5.41) is 7.99. The van der Waals surface area contributed by atoms with Crippen LogP contribution in [0.1, 0.15) is 6.42 Å². The second-order valence-electron chi connectivity index (χ2n) is 3.29. The molecule has 0 bridgehead atoms. The Morgan fingerprint density at radius 1 is 1.29 bits per heavy atom. The number of hydrogen-bond donors (Lipinski definition) is 3. The minimum Gasteiger partial charge on any atom is -0.359 e. The zero-order valence-electron chi connectivity index (χ0n) is 9.20. The van der Waals surface area contributed by atoms with Crippen molar-refractivity contribution in [3.05, 3.63) is 27.8 Å². The van der Waals surface area contributed by atoms with E-state index in [-0.39, 0.29) is 6.03 Å². The first kappa shape index (κ1) is 13.8. The second kappa shape index (κ2) is 7.88. The van der Waals surface area contributed by atoms with Gasteiger partial charge in [-0.1, -0.05) is 12.1 Å². The highest BCUT2D eigenvalue weighted by molar-refractivity contribution is 14.1. The van der Waals surface area contributed by atoms with Crippen molar-refractivity contribution < 1.29 is 9.59 Å². The van der Waals surface area contributed by atoms with Crippen molar-refractivity contribution in [3.63, 3.8) is 0 Å². The fraction of sp³-hybridized carbons (Fsp3) is 0.273. The Hall–Kier alpha value is -1.31. The molecule has 0 radical (unpaired) electrons. The minimum absolute atomic E-state index is 0.236. The average molecular weight is 347 g/mol. The first-order chi connectivity index (χ1) is 8.24. The number of nitrogens with one attached hydrogen (secondary N) is 3. The van der Waals surface area contributed by atoms with Crippen LogP contribution in [0.25, 0.3) is 0 Å². The summed E-state index contributed by atoms with van der Waals surface area (Å²) in [5.74, 6) is 0. The minimum atomic E-state index is -0.236. The molecular weight excluding hydrogens is 333 g/mol. The molecule has 92 valence electrons. The lowest BCUT2D eigenvalue weighted by Crippen LogP contribution is -2.31. The molecule has 5 nitrogen and oxygen atoms in total. The number of para-hydroxylation sites is 1. The van der Waals surface area contributed by atoms with Gasteiger partial charge in [0.05, 0.1) is 5.69 Å². The average Bonchev–Trinajstić information content (AvgIpc) is 2.32. The van der Waals surface area contributed by atoms with E-state index in [1.807, 2.05) is 24.3 Å². The maximum atomic E-state index is 11.5. The molecule has 0 aliphatic carbocycles. The van der Waals surface area contributed by atoms with E-state index < -0.39 is 0 Å². The fourth-order valence-electron chi connectivity index (χ4n) is 1.18. The fourth-order valence-corrected chi connectivity index (χ4v) is 1.70. The summed E-state index contributed by atoms with van der Waals surface area (Å²) in [7, 11) is 0. The predicted molar refractivity (Wildman–Crippen MR) is 74.9 cm³/mol. The zero-order chi connectivity index (χ0) is 12.5. The summed E-state index contributed by atoms with van der Waals surface area (Å²) >= 11 is 2.16. The molecule has 0 atom stereocenters. The van der Waals surface area contributed by atoms with Crippen LogP contribution in [-0.4, -0.2) is 25.5 Å². The molecule has 0 aliphatic heterocycles. The Bertz CT molecular complexity index is 385. The molecule has 0 fully saturated rings. The van der Waals surface area contributed by atoms with Gasteiger partial charge in [0.25, 0.3) is 0 Å². The summed E-state index contributed by atoms with van der Waals surface area (Å²) in [6, 6.07) is 7.31. The molecule has 3 amide bonds. The number of urea groups is 1. The first-order valence-electron chi connectivity index (χ1n) is 5.20. The molecule has 3 N–H and O–H groups in total. The number of halogens is 1. The van der Waals surface area contributed by atoms with E-state index in [9.17, 15) is 9.59 Å². The SMILES string of the molecule is O=CNCCCNC(=O)Nc1ccccc1I. The molecule has 0 aliphatic rings. The van der Waals surface area contributed by atoms with E-state index in [1.54, 1.807) is 0 Å². The number of hydrogen-bond acceptors (Lipinski definition) is 2. The topological polar surface area (TPSA) is 70.2 Å². The summed E-state index contributed by atoms with van der Waals surface area (Å²) < 4.78 is 0.989. The lowest BCUT2D eigenvalue weighted by atomic mass is 10.3. The Morgan fingerprint density at radius 3 is 2.76 bits per heavy atom. The van der Waals surface area contributed by atoms with Crippen molar-refractivity contribution >= 4 is 40.7 Å². The Labute approximate surface area is 113 Å². The number of carbonyl (C=O) groups is 2. The maximum absolute atomic E-state index is 11.5. The molecule has 1 aromatic rings. The van der Waals surface area contributed by atoms with E-state index >= 15 is 0 Å². The highest BCUT2D eigenvalue weighted by atomic mass is 127. The van der Waals surface area contributed by atoms with E-state index in [2.05, 4.69) is 38.5 Å². The Morgan fingerprint density at radius 2 is 2.06 bits per heavy atom. The molecule has 0 unspecified atom stereocenters. The molecule has 0 heterocycles. The van der Waals surface area contributed by atoms with Crippen molar-refractivity contribution in [1.29, 1.82) is 0 Å². The lowest BCUT2D eigenvalue weighted by Gasteiger charge is -2.08. The van der Waals surface area contributed by atoms with Gasteiger partial charge in [0.2, 0.25) is 6.41 Å². The van der Waals surface area contributed by atoms with Crippen molar-refractivity contribution in [3.8, 4) is 0 Å². The summed E-state index contributed by atoms with van der Waals surface area (Å²) in [4.78, 5) is 21.5. The van der Waals surface area contributed by atoms with E-state index in [1.165, 1.54) is 0 Å². The third-order valence-corrected chi connectivity index (χ3v) is 2.93.